The van der Waals surface area contributed by atoms with Gasteiger partial charge in [0.05, 0.1) is 18.6 Å². The molecule has 9 heteroatoms. The fourth-order valence-electron chi connectivity index (χ4n) is 4.14. The molecule has 0 bridgehead atoms. The van der Waals surface area contributed by atoms with Gasteiger partial charge in [-0.1, -0.05) is 38.1 Å². The van der Waals surface area contributed by atoms with Gasteiger partial charge in [-0.2, -0.15) is 0 Å². The fourth-order valence-corrected chi connectivity index (χ4v) is 5.10. The number of amides is 2. The van der Waals surface area contributed by atoms with E-state index in [-0.39, 0.29) is 24.8 Å². The van der Waals surface area contributed by atoms with Crippen LogP contribution in [0.3, 0.4) is 0 Å². The first kappa shape index (κ1) is 30.2. The van der Waals surface area contributed by atoms with Gasteiger partial charge in [0.15, 0.2) is 0 Å². The first-order valence-electron chi connectivity index (χ1n) is 12.9. The lowest BCUT2D eigenvalue weighted by atomic mass is 10.1. The van der Waals surface area contributed by atoms with Crippen molar-refractivity contribution in [1.29, 1.82) is 0 Å². The van der Waals surface area contributed by atoms with Crippen LogP contribution < -0.4 is 14.4 Å². The molecule has 1 atom stereocenters. The Morgan fingerprint density at radius 1 is 1.03 bits per heavy atom. The minimum absolute atomic E-state index is 0.118. The molecule has 37 heavy (non-hydrogen) atoms. The molecule has 0 aliphatic heterocycles. The van der Waals surface area contributed by atoms with Crippen molar-refractivity contribution in [1.82, 2.24) is 10.2 Å². The summed E-state index contributed by atoms with van der Waals surface area (Å²) in [5.41, 5.74) is 2.54. The van der Waals surface area contributed by atoms with Gasteiger partial charge in [-0.05, 0) is 68.5 Å². The summed E-state index contributed by atoms with van der Waals surface area (Å²) < 4.78 is 31.8. The molecule has 2 rings (SSSR count). The van der Waals surface area contributed by atoms with E-state index in [0.29, 0.717) is 44.0 Å². The maximum absolute atomic E-state index is 13.5. The molecule has 0 heterocycles. The zero-order chi connectivity index (χ0) is 27.4. The molecule has 0 spiro atoms. The quantitative estimate of drug-likeness (QED) is 0.370. The number of hydrogen-bond acceptors (Lipinski definition) is 5. The lowest BCUT2D eigenvalue weighted by molar-refractivity contribution is -0.141. The van der Waals surface area contributed by atoms with E-state index in [0.717, 1.165) is 23.8 Å². The summed E-state index contributed by atoms with van der Waals surface area (Å²) in [6, 6.07) is 14.1. The molecule has 0 aliphatic rings. The molecule has 0 saturated heterocycles. The Balaban J connectivity index is 2.20. The van der Waals surface area contributed by atoms with Crippen molar-refractivity contribution in [3.63, 3.8) is 0 Å². The van der Waals surface area contributed by atoms with Gasteiger partial charge >= 0.3 is 0 Å². The zero-order valence-electron chi connectivity index (χ0n) is 22.7. The van der Waals surface area contributed by atoms with Crippen LogP contribution in [-0.2, 0) is 26.2 Å². The summed E-state index contributed by atoms with van der Waals surface area (Å²) in [5, 5.41) is 2.92. The Labute approximate surface area is 222 Å². The average molecular weight is 532 g/mol. The van der Waals surface area contributed by atoms with Gasteiger partial charge in [0.1, 0.15) is 11.8 Å². The minimum atomic E-state index is -3.56. The number of carbonyl (C=O) groups is 2. The molecule has 0 fully saturated rings. The van der Waals surface area contributed by atoms with Crippen molar-refractivity contribution in [2.24, 2.45) is 0 Å². The number of aryl methyl sites for hydroxylation is 1. The molecule has 0 radical (unpaired) electrons. The van der Waals surface area contributed by atoms with Gasteiger partial charge in [-0.3, -0.25) is 13.9 Å². The zero-order valence-corrected chi connectivity index (χ0v) is 23.5. The number of sulfonamides is 1. The van der Waals surface area contributed by atoms with Crippen LogP contribution in [0.15, 0.2) is 48.5 Å². The summed E-state index contributed by atoms with van der Waals surface area (Å²) in [6.45, 7) is 9.27. The first-order valence-corrected chi connectivity index (χ1v) is 14.8. The van der Waals surface area contributed by atoms with Crippen molar-refractivity contribution in [2.45, 2.75) is 66.0 Å². The molecule has 2 amide bonds. The van der Waals surface area contributed by atoms with Gasteiger partial charge in [0, 0.05) is 26.1 Å². The summed E-state index contributed by atoms with van der Waals surface area (Å²) in [4.78, 5) is 28.0. The summed E-state index contributed by atoms with van der Waals surface area (Å²) in [6.07, 6.45) is 2.87. The van der Waals surface area contributed by atoms with E-state index in [1.807, 2.05) is 52.0 Å². The Morgan fingerprint density at radius 2 is 1.70 bits per heavy atom. The number of anilines is 1. The lowest BCUT2D eigenvalue weighted by Gasteiger charge is -2.31. The van der Waals surface area contributed by atoms with Gasteiger partial charge < -0.3 is 15.0 Å². The van der Waals surface area contributed by atoms with Crippen molar-refractivity contribution in [2.75, 3.05) is 30.3 Å². The number of rotatable bonds is 15. The second kappa shape index (κ2) is 14.6. The van der Waals surface area contributed by atoms with Crippen molar-refractivity contribution in [3.05, 3.63) is 59.7 Å². The van der Waals surface area contributed by atoms with Gasteiger partial charge in [0.25, 0.3) is 0 Å². The standard InChI is InChI=1S/C28H41N3O5S/c1-6-19-29-28(33)26(7-2)30(21-23-13-10-9-12-22(23)4)27(32)14-11-20-31(37(5,34)35)24-15-17-25(18-16-24)36-8-3/h9-10,12-13,15-18,26H,6-8,11,14,19-21H2,1-5H3,(H,29,33). The maximum atomic E-state index is 13.5. The number of carbonyl (C=O) groups excluding carboxylic acids is 2. The third kappa shape index (κ3) is 9.07. The van der Waals surface area contributed by atoms with Crippen LogP contribution in [0.25, 0.3) is 0 Å². The third-order valence-corrected chi connectivity index (χ3v) is 7.32. The molecule has 0 saturated carbocycles. The van der Waals surface area contributed by atoms with E-state index >= 15 is 0 Å². The predicted molar refractivity (Wildman–Crippen MR) is 148 cm³/mol. The molecule has 0 aromatic heterocycles. The highest BCUT2D eigenvalue weighted by Gasteiger charge is 2.29. The molecule has 204 valence electrons. The normalized spacial score (nSPS) is 12.0. The molecule has 8 nitrogen and oxygen atoms in total. The Hall–Kier alpha value is -3.07. The van der Waals surface area contributed by atoms with Crippen LogP contribution in [0.5, 0.6) is 5.75 Å². The third-order valence-electron chi connectivity index (χ3n) is 6.12. The lowest BCUT2D eigenvalue weighted by Crippen LogP contribution is -2.49. The number of nitrogens with one attached hydrogen (secondary N) is 1. The topological polar surface area (TPSA) is 96.0 Å². The van der Waals surface area contributed by atoms with E-state index in [2.05, 4.69) is 5.32 Å². The fraction of sp³-hybridized carbons (Fsp3) is 0.500. The second-order valence-corrected chi connectivity index (χ2v) is 10.9. The predicted octanol–water partition coefficient (Wildman–Crippen LogP) is 4.27. The van der Waals surface area contributed by atoms with Gasteiger partial charge in [0.2, 0.25) is 21.8 Å². The highest BCUT2D eigenvalue weighted by Crippen LogP contribution is 2.23. The summed E-state index contributed by atoms with van der Waals surface area (Å²) in [5.74, 6) is 0.314. The van der Waals surface area contributed by atoms with E-state index in [1.165, 1.54) is 4.31 Å². The second-order valence-electron chi connectivity index (χ2n) is 9.03. The van der Waals surface area contributed by atoms with Gasteiger partial charge in [-0.25, -0.2) is 8.42 Å². The molecule has 2 aromatic rings. The Kier molecular flexibility index (Phi) is 11.9. The number of benzene rings is 2. The molecule has 0 aliphatic carbocycles. The van der Waals surface area contributed by atoms with Crippen LogP contribution in [0.2, 0.25) is 0 Å². The SMILES string of the molecule is CCCNC(=O)C(CC)N(Cc1ccccc1C)C(=O)CCCN(c1ccc(OCC)cc1)S(C)(=O)=O. The van der Waals surface area contributed by atoms with Crippen LogP contribution in [0.4, 0.5) is 5.69 Å². The molecular formula is C28H41N3O5S. The van der Waals surface area contributed by atoms with Crippen LogP contribution >= 0.6 is 0 Å². The largest absolute Gasteiger partial charge is 0.494 e. The first-order chi connectivity index (χ1) is 17.6. The van der Waals surface area contributed by atoms with Crippen LogP contribution in [0, 0.1) is 6.92 Å². The van der Waals surface area contributed by atoms with E-state index in [1.54, 1.807) is 29.2 Å². The van der Waals surface area contributed by atoms with Crippen molar-refractivity contribution >= 4 is 27.5 Å². The molecule has 2 aromatic carbocycles. The highest BCUT2D eigenvalue weighted by molar-refractivity contribution is 7.92. The van der Waals surface area contributed by atoms with Crippen molar-refractivity contribution in [3.8, 4) is 5.75 Å². The number of nitrogens with zero attached hydrogens (tertiary/aromatic N) is 2. The summed E-state index contributed by atoms with van der Waals surface area (Å²) >= 11 is 0. The van der Waals surface area contributed by atoms with Gasteiger partial charge in [-0.15, -0.1) is 0 Å². The van der Waals surface area contributed by atoms with E-state index < -0.39 is 16.1 Å². The Bertz CT molecular complexity index is 1120. The molecule has 1 N–H and O–H groups in total. The number of ether oxygens (including phenoxy) is 1. The van der Waals surface area contributed by atoms with Crippen LogP contribution in [0.1, 0.15) is 57.6 Å². The minimum Gasteiger partial charge on any atom is -0.494 e. The Morgan fingerprint density at radius 3 is 2.27 bits per heavy atom. The maximum Gasteiger partial charge on any atom is 0.242 e. The highest BCUT2D eigenvalue weighted by atomic mass is 32.2. The van der Waals surface area contributed by atoms with E-state index in [4.69, 9.17) is 4.74 Å². The van der Waals surface area contributed by atoms with E-state index in [9.17, 15) is 18.0 Å². The molecular weight excluding hydrogens is 490 g/mol. The smallest absolute Gasteiger partial charge is 0.242 e. The van der Waals surface area contributed by atoms with Crippen LogP contribution in [-0.4, -0.2) is 57.1 Å². The summed E-state index contributed by atoms with van der Waals surface area (Å²) in [7, 11) is -3.56. The monoisotopic (exact) mass is 531 g/mol. The molecule has 1 unspecified atom stereocenters. The average Bonchev–Trinajstić information content (AvgIpc) is 2.86. The van der Waals surface area contributed by atoms with Crippen molar-refractivity contribution < 1.29 is 22.7 Å². The number of hydrogen-bond donors (Lipinski definition) is 1.